The number of nitrogens with one attached hydrogen (secondary N) is 1. The van der Waals surface area contributed by atoms with Crippen LogP contribution in [0.25, 0.3) is 0 Å². The van der Waals surface area contributed by atoms with Crippen molar-refractivity contribution in [3.05, 3.63) is 46.7 Å². The number of hydrogen-bond acceptors (Lipinski definition) is 5. The molecule has 22 heavy (non-hydrogen) atoms. The second-order valence-corrected chi connectivity index (χ2v) is 7.63. The van der Waals surface area contributed by atoms with E-state index in [1.165, 1.54) is 16.6 Å². The maximum atomic E-state index is 11.8. The largest absolute Gasteiger partial charge is 0.497 e. The zero-order chi connectivity index (χ0) is 15.6. The summed E-state index contributed by atoms with van der Waals surface area (Å²) in [5, 5.41) is 5.04. The highest BCUT2D eigenvalue weighted by Gasteiger charge is 2.03. The molecule has 0 saturated heterocycles. The number of carbonyl (C=O) groups excluding carboxylic acids is 1. The number of carbonyl (C=O) groups is 1. The summed E-state index contributed by atoms with van der Waals surface area (Å²) in [4.78, 5) is 14.2. The van der Waals surface area contributed by atoms with Gasteiger partial charge in [-0.05, 0) is 35.7 Å². The molecular weight excluding hydrogens is 334 g/mol. The summed E-state index contributed by atoms with van der Waals surface area (Å²) in [7, 11) is 1.64. The van der Waals surface area contributed by atoms with Crippen molar-refractivity contribution in [3.8, 4) is 5.75 Å². The van der Waals surface area contributed by atoms with Gasteiger partial charge in [-0.3, -0.25) is 4.79 Å². The fourth-order valence-electron chi connectivity index (χ4n) is 1.70. The van der Waals surface area contributed by atoms with Gasteiger partial charge in [0.15, 0.2) is 0 Å². The van der Waals surface area contributed by atoms with E-state index in [1.807, 2.05) is 36.0 Å². The summed E-state index contributed by atoms with van der Waals surface area (Å²) in [6, 6.07) is 11.9. The first-order chi connectivity index (χ1) is 10.8. The van der Waals surface area contributed by atoms with Crippen molar-refractivity contribution in [2.45, 2.75) is 10.6 Å². The Balaban J connectivity index is 1.55. The van der Waals surface area contributed by atoms with Crippen molar-refractivity contribution >= 4 is 40.8 Å². The summed E-state index contributed by atoms with van der Waals surface area (Å²) in [6.45, 7) is 0.720. The first-order valence-electron chi connectivity index (χ1n) is 6.91. The zero-order valence-corrected chi connectivity index (χ0v) is 14.9. The van der Waals surface area contributed by atoms with Crippen molar-refractivity contribution < 1.29 is 9.53 Å². The molecule has 0 aliphatic heterocycles. The van der Waals surface area contributed by atoms with E-state index >= 15 is 0 Å². The van der Waals surface area contributed by atoms with Gasteiger partial charge in [-0.2, -0.15) is 11.8 Å². The lowest BCUT2D eigenvalue weighted by molar-refractivity contribution is -0.118. The van der Waals surface area contributed by atoms with Crippen LogP contribution in [0.15, 0.2) is 46.7 Å². The van der Waals surface area contributed by atoms with Crippen LogP contribution in [0, 0.1) is 0 Å². The van der Waals surface area contributed by atoms with Crippen LogP contribution in [0.4, 0.5) is 0 Å². The second-order valence-electron chi connectivity index (χ2n) is 4.45. The molecule has 1 heterocycles. The molecule has 3 nitrogen and oxygen atoms in total. The Hall–Kier alpha value is -1.11. The van der Waals surface area contributed by atoms with Crippen molar-refractivity contribution in [1.82, 2.24) is 5.32 Å². The van der Waals surface area contributed by atoms with Gasteiger partial charge in [0, 0.05) is 27.8 Å². The third-order valence-electron chi connectivity index (χ3n) is 2.82. The number of hydrogen-bond donors (Lipinski definition) is 1. The number of amides is 1. The molecule has 6 heteroatoms. The molecule has 1 aromatic carbocycles. The number of rotatable bonds is 9. The highest BCUT2D eigenvalue weighted by atomic mass is 32.2. The predicted octanol–water partition coefficient (Wildman–Crippen LogP) is 3.90. The number of benzene rings is 1. The Bertz CT molecular complexity index is 555. The fourth-order valence-corrected chi connectivity index (χ4v) is 4.13. The van der Waals surface area contributed by atoms with Crippen LogP contribution in [0.5, 0.6) is 5.75 Å². The van der Waals surface area contributed by atoms with Crippen LogP contribution >= 0.6 is 34.9 Å². The lowest BCUT2D eigenvalue weighted by atomic mass is 10.3. The molecule has 2 rings (SSSR count). The minimum atomic E-state index is 0.0811. The van der Waals surface area contributed by atoms with E-state index in [1.54, 1.807) is 18.4 Å². The SMILES string of the molecule is COc1ccc(SCC(=O)NCCSCc2cccs2)cc1. The van der Waals surface area contributed by atoms with Crippen molar-refractivity contribution in [2.75, 3.05) is 25.2 Å². The minimum absolute atomic E-state index is 0.0811. The first-order valence-corrected chi connectivity index (χ1v) is 9.93. The molecule has 1 N–H and O–H groups in total. The minimum Gasteiger partial charge on any atom is -0.497 e. The van der Waals surface area contributed by atoms with Crippen LogP contribution < -0.4 is 10.1 Å². The molecule has 0 bridgehead atoms. The smallest absolute Gasteiger partial charge is 0.230 e. The molecule has 1 amide bonds. The van der Waals surface area contributed by atoms with Gasteiger partial charge < -0.3 is 10.1 Å². The highest BCUT2D eigenvalue weighted by molar-refractivity contribution is 8.00. The predicted molar refractivity (Wildman–Crippen MR) is 97.2 cm³/mol. The monoisotopic (exact) mass is 353 g/mol. The van der Waals surface area contributed by atoms with E-state index in [0.717, 1.165) is 28.7 Å². The number of methoxy groups -OCH3 is 1. The number of thiophene rings is 1. The van der Waals surface area contributed by atoms with E-state index in [2.05, 4.69) is 22.8 Å². The Kier molecular flexibility index (Phi) is 7.70. The van der Waals surface area contributed by atoms with E-state index in [0.29, 0.717) is 5.75 Å². The maximum Gasteiger partial charge on any atom is 0.230 e. The van der Waals surface area contributed by atoms with Crippen molar-refractivity contribution in [2.24, 2.45) is 0 Å². The molecule has 1 aromatic heterocycles. The van der Waals surface area contributed by atoms with Crippen LogP contribution in [0.3, 0.4) is 0 Å². The van der Waals surface area contributed by atoms with Gasteiger partial charge >= 0.3 is 0 Å². The topological polar surface area (TPSA) is 38.3 Å². The standard InChI is InChI=1S/C16H19NO2S3/c1-19-13-4-6-14(7-5-13)22-12-16(18)17-8-10-20-11-15-3-2-9-21-15/h2-7,9H,8,10-12H2,1H3,(H,17,18). The van der Waals surface area contributed by atoms with Gasteiger partial charge in [-0.25, -0.2) is 0 Å². The number of ether oxygens (including phenoxy) is 1. The highest BCUT2D eigenvalue weighted by Crippen LogP contribution is 2.21. The Morgan fingerprint density at radius 2 is 2.09 bits per heavy atom. The van der Waals surface area contributed by atoms with E-state index in [9.17, 15) is 4.79 Å². The average molecular weight is 354 g/mol. The Morgan fingerprint density at radius 3 is 2.77 bits per heavy atom. The lowest BCUT2D eigenvalue weighted by Crippen LogP contribution is -2.27. The molecule has 0 saturated carbocycles. The lowest BCUT2D eigenvalue weighted by Gasteiger charge is -2.05. The van der Waals surface area contributed by atoms with E-state index in [4.69, 9.17) is 4.74 Å². The van der Waals surface area contributed by atoms with Crippen LogP contribution in [-0.2, 0) is 10.5 Å². The van der Waals surface area contributed by atoms with Crippen LogP contribution in [0.1, 0.15) is 4.88 Å². The van der Waals surface area contributed by atoms with Gasteiger partial charge in [0.05, 0.1) is 12.9 Å². The molecular formula is C16H19NO2S3. The van der Waals surface area contributed by atoms with Crippen LogP contribution in [0.2, 0.25) is 0 Å². The summed E-state index contributed by atoms with van der Waals surface area (Å²) in [6.07, 6.45) is 0. The van der Waals surface area contributed by atoms with Gasteiger partial charge in [0.1, 0.15) is 5.75 Å². The van der Waals surface area contributed by atoms with Crippen LogP contribution in [-0.4, -0.2) is 31.1 Å². The molecule has 118 valence electrons. The number of thioether (sulfide) groups is 2. The maximum absolute atomic E-state index is 11.8. The van der Waals surface area contributed by atoms with Gasteiger partial charge in [-0.15, -0.1) is 23.1 Å². The van der Waals surface area contributed by atoms with Crippen molar-refractivity contribution in [1.29, 1.82) is 0 Å². The zero-order valence-electron chi connectivity index (χ0n) is 12.4. The van der Waals surface area contributed by atoms with Gasteiger partial charge in [0.2, 0.25) is 5.91 Å². The summed E-state index contributed by atoms with van der Waals surface area (Å²) in [5.74, 6) is 3.32. The fraction of sp³-hybridized carbons (Fsp3) is 0.312. The van der Waals surface area contributed by atoms with Crippen molar-refractivity contribution in [3.63, 3.8) is 0 Å². The molecule has 0 aliphatic carbocycles. The first kappa shape index (κ1) is 17.2. The molecule has 0 fully saturated rings. The average Bonchev–Trinajstić information content (AvgIpc) is 3.06. The molecule has 2 aromatic rings. The van der Waals surface area contributed by atoms with E-state index in [-0.39, 0.29) is 5.91 Å². The Labute approximate surface area is 143 Å². The normalized spacial score (nSPS) is 10.4. The molecule has 0 spiro atoms. The van der Waals surface area contributed by atoms with Gasteiger partial charge in [-0.1, -0.05) is 6.07 Å². The van der Waals surface area contributed by atoms with Gasteiger partial charge in [0.25, 0.3) is 0 Å². The summed E-state index contributed by atoms with van der Waals surface area (Å²) < 4.78 is 5.11. The van der Waals surface area contributed by atoms with E-state index < -0.39 is 0 Å². The third kappa shape index (κ3) is 6.34. The molecule has 0 aliphatic rings. The molecule has 0 radical (unpaired) electrons. The third-order valence-corrected chi connectivity index (χ3v) is 5.90. The Morgan fingerprint density at radius 1 is 1.27 bits per heavy atom. The molecule has 0 atom stereocenters. The molecule has 0 unspecified atom stereocenters. The summed E-state index contributed by atoms with van der Waals surface area (Å²) >= 11 is 5.16. The quantitative estimate of drug-likeness (QED) is 0.548. The summed E-state index contributed by atoms with van der Waals surface area (Å²) in [5.41, 5.74) is 0. The second kappa shape index (κ2) is 9.82.